The molecule has 0 saturated carbocycles. The van der Waals surface area contributed by atoms with Gasteiger partial charge in [-0.15, -0.1) is 11.3 Å². The Bertz CT molecular complexity index is 311. The number of nitrogens with one attached hydrogen (secondary N) is 1. The summed E-state index contributed by atoms with van der Waals surface area (Å²) in [5, 5.41) is 6.74. The molecule has 1 saturated heterocycles. The van der Waals surface area contributed by atoms with Gasteiger partial charge >= 0.3 is 0 Å². The van der Waals surface area contributed by atoms with Crippen LogP contribution in [0.25, 0.3) is 0 Å². The molecule has 2 rings (SSSR count). The molecule has 1 unspecified atom stereocenters. The van der Waals surface area contributed by atoms with Crippen molar-refractivity contribution in [1.82, 2.24) is 10.3 Å². The Balaban J connectivity index is 2.03. The first-order valence-corrected chi connectivity index (χ1v) is 6.58. The van der Waals surface area contributed by atoms with Crippen molar-refractivity contribution in [1.29, 1.82) is 0 Å². The number of thiazole rings is 1. The van der Waals surface area contributed by atoms with E-state index in [2.05, 4.69) is 27.5 Å². The fourth-order valence-electron chi connectivity index (χ4n) is 1.99. The van der Waals surface area contributed by atoms with Crippen molar-refractivity contribution in [2.45, 2.75) is 32.2 Å². The molecule has 0 aromatic carbocycles. The highest BCUT2D eigenvalue weighted by Crippen LogP contribution is 2.24. The highest BCUT2D eigenvalue weighted by atomic mass is 32.1. The van der Waals surface area contributed by atoms with Crippen molar-refractivity contribution in [2.24, 2.45) is 0 Å². The molecule has 1 atom stereocenters. The molecular formula is C11H19N3S. The minimum atomic E-state index is 0.632. The molecule has 0 bridgehead atoms. The number of nitrogens with zero attached hydrogens (tertiary/aromatic N) is 2. The molecule has 0 spiro atoms. The Hall–Kier alpha value is -0.610. The summed E-state index contributed by atoms with van der Waals surface area (Å²) in [5.41, 5.74) is 1.22. The highest BCUT2D eigenvalue weighted by Gasteiger charge is 2.20. The molecule has 1 aromatic rings. The van der Waals surface area contributed by atoms with E-state index in [1.165, 1.54) is 23.7 Å². The molecule has 1 aromatic heterocycles. The molecule has 84 valence electrons. The highest BCUT2D eigenvalue weighted by molar-refractivity contribution is 7.13. The van der Waals surface area contributed by atoms with E-state index in [4.69, 9.17) is 0 Å². The van der Waals surface area contributed by atoms with Gasteiger partial charge in [0.2, 0.25) is 0 Å². The van der Waals surface area contributed by atoms with E-state index in [9.17, 15) is 0 Å². The van der Waals surface area contributed by atoms with Gasteiger partial charge in [0.15, 0.2) is 5.13 Å². The van der Waals surface area contributed by atoms with Gasteiger partial charge in [-0.2, -0.15) is 0 Å². The number of piperidine rings is 1. The summed E-state index contributed by atoms with van der Waals surface area (Å²) in [4.78, 5) is 7.05. The van der Waals surface area contributed by atoms with Crippen molar-refractivity contribution < 1.29 is 0 Å². The third kappa shape index (κ3) is 2.49. The first-order chi connectivity index (χ1) is 7.33. The van der Waals surface area contributed by atoms with Crippen LogP contribution < -0.4 is 10.2 Å². The molecule has 15 heavy (non-hydrogen) atoms. The summed E-state index contributed by atoms with van der Waals surface area (Å²) in [6.07, 6.45) is 3.60. The maximum atomic E-state index is 4.64. The molecule has 3 nitrogen and oxygen atoms in total. The molecule has 0 amide bonds. The Labute approximate surface area is 95.5 Å². The Kier molecular flexibility index (Phi) is 3.59. The Morgan fingerprint density at radius 1 is 1.67 bits per heavy atom. The summed E-state index contributed by atoms with van der Waals surface area (Å²) in [7, 11) is 2.05. The predicted molar refractivity (Wildman–Crippen MR) is 65.8 cm³/mol. The Morgan fingerprint density at radius 2 is 2.53 bits per heavy atom. The molecule has 4 heteroatoms. The second-order valence-electron chi connectivity index (χ2n) is 4.05. The van der Waals surface area contributed by atoms with Crippen LogP contribution >= 0.6 is 11.3 Å². The lowest BCUT2D eigenvalue weighted by Crippen LogP contribution is -2.44. The molecule has 1 aliphatic heterocycles. The standard InChI is InChI=1S/C11H19N3S/c1-3-9-8-15-11(13-9)14-6-4-5-10(7-14)12-2/h8,10,12H,3-7H2,1-2H3. The van der Waals surface area contributed by atoms with Crippen LogP contribution in [0.1, 0.15) is 25.5 Å². The maximum Gasteiger partial charge on any atom is 0.185 e. The zero-order valence-corrected chi connectivity index (χ0v) is 10.3. The van der Waals surface area contributed by atoms with Gasteiger partial charge in [0.1, 0.15) is 0 Å². The third-order valence-electron chi connectivity index (χ3n) is 3.00. The number of anilines is 1. The van der Waals surface area contributed by atoms with E-state index in [0.717, 1.165) is 19.5 Å². The quantitative estimate of drug-likeness (QED) is 0.851. The lowest BCUT2D eigenvalue weighted by atomic mass is 10.1. The minimum absolute atomic E-state index is 0.632. The van der Waals surface area contributed by atoms with E-state index in [0.29, 0.717) is 6.04 Å². The normalized spacial score (nSPS) is 22.0. The van der Waals surface area contributed by atoms with Crippen LogP contribution in [0.5, 0.6) is 0 Å². The molecule has 1 aliphatic rings. The summed E-state index contributed by atoms with van der Waals surface area (Å²) in [6.45, 7) is 4.42. The van der Waals surface area contributed by atoms with Crippen LogP contribution in [0.4, 0.5) is 5.13 Å². The van der Waals surface area contributed by atoms with Gasteiger partial charge in [-0.3, -0.25) is 0 Å². The van der Waals surface area contributed by atoms with Crippen molar-refractivity contribution in [2.75, 3.05) is 25.0 Å². The van der Waals surface area contributed by atoms with E-state index >= 15 is 0 Å². The number of likely N-dealkylation sites (N-methyl/N-ethyl adjacent to an activating group) is 1. The van der Waals surface area contributed by atoms with Gasteiger partial charge in [-0.05, 0) is 26.3 Å². The number of aryl methyl sites for hydroxylation is 1. The first kappa shape index (κ1) is 10.9. The van der Waals surface area contributed by atoms with E-state index in [1.54, 1.807) is 11.3 Å². The monoisotopic (exact) mass is 225 g/mol. The second kappa shape index (κ2) is 4.94. The zero-order chi connectivity index (χ0) is 10.7. The van der Waals surface area contributed by atoms with Gasteiger partial charge in [0, 0.05) is 24.5 Å². The second-order valence-corrected chi connectivity index (χ2v) is 4.89. The largest absolute Gasteiger partial charge is 0.347 e. The van der Waals surface area contributed by atoms with Crippen LogP contribution in [-0.4, -0.2) is 31.2 Å². The number of hydrogen-bond acceptors (Lipinski definition) is 4. The van der Waals surface area contributed by atoms with E-state index in [1.807, 2.05) is 7.05 Å². The Morgan fingerprint density at radius 3 is 3.20 bits per heavy atom. The smallest absolute Gasteiger partial charge is 0.185 e. The third-order valence-corrected chi connectivity index (χ3v) is 3.95. The molecule has 0 aliphatic carbocycles. The number of rotatable bonds is 3. The average Bonchev–Trinajstić information content (AvgIpc) is 2.78. The van der Waals surface area contributed by atoms with Gasteiger partial charge < -0.3 is 10.2 Å². The SMILES string of the molecule is CCc1csc(N2CCCC(NC)C2)n1. The van der Waals surface area contributed by atoms with Crippen molar-refractivity contribution >= 4 is 16.5 Å². The van der Waals surface area contributed by atoms with Crippen LogP contribution in [0.3, 0.4) is 0 Å². The van der Waals surface area contributed by atoms with E-state index < -0.39 is 0 Å². The molecular weight excluding hydrogens is 206 g/mol. The van der Waals surface area contributed by atoms with Crippen molar-refractivity contribution in [3.8, 4) is 0 Å². The fourth-order valence-corrected chi connectivity index (χ4v) is 2.94. The fraction of sp³-hybridized carbons (Fsp3) is 0.727. The van der Waals surface area contributed by atoms with Gasteiger partial charge in [-0.1, -0.05) is 6.92 Å². The maximum absolute atomic E-state index is 4.64. The topological polar surface area (TPSA) is 28.2 Å². The predicted octanol–water partition coefficient (Wildman–Crippen LogP) is 1.89. The van der Waals surface area contributed by atoms with Crippen LogP contribution in [0.15, 0.2) is 5.38 Å². The van der Waals surface area contributed by atoms with Gasteiger partial charge in [0.25, 0.3) is 0 Å². The molecule has 2 heterocycles. The van der Waals surface area contributed by atoms with Gasteiger partial charge in [-0.25, -0.2) is 4.98 Å². The summed E-state index contributed by atoms with van der Waals surface area (Å²) < 4.78 is 0. The van der Waals surface area contributed by atoms with Crippen LogP contribution in [0.2, 0.25) is 0 Å². The zero-order valence-electron chi connectivity index (χ0n) is 9.49. The number of aromatic nitrogens is 1. The number of hydrogen-bond donors (Lipinski definition) is 1. The van der Waals surface area contributed by atoms with Crippen molar-refractivity contribution in [3.63, 3.8) is 0 Å². The lowest BCUT2D eigenvalue weighted by Gasteiger charge is -2.32. The van der Waals surface area contributed by atoms with Gasteiger partial charge in [0.05, 0.1) is 5.69 Å². The minimum Gasteiger partial charge on any atom is -0.347 e. The van der Waals surface area contributed by atoms with E-state index in [-0.39, 0.29) is 0 Å². The lowest BCUT2D eigenvalue weighted by molar-refractivity contribution is 0.449. The molecule has 0 radical (unpaired) electrons. The molecule has 1 fully saturated rings. The van der Waals surface area contributed by atoms with Crippen LogP contribution in [0, 0.1) is 0 Å². The average molecular weight is 225 g/mol. The van der Waals surface area contributed by atoms with Crippen molar-refractivity contribution in [3.05, 3.63) is 11.1 Å². The first-order valence-electron chi connectivity index (χ1n) is 5.70. The summed E-state index contributed by atoms with van der Waals surface area (Å²) in [5.74, 6) is 0. The summed E-state index contributed by atoms with van der Waals surface area (Å²) in [6, 6.07) is 0.632. The van der Waals surface area contributed by atoms with Crippen LogP contribution in [-0.2, 0) is 6.42 Å². The molecule has 1 N–H and O–H groups in total. The summed E-state index contributed by atoms with van der Waals surface area (Å²) >= 11 is 1.78.